The zero-order valence-corrected chi connectivity index (χ0v) is 15.6. The van der Waals surface area contributed by atoms with E-state index in [1.807, 2.05) is 11.4 Å². The number of amides is 1. The van der Waals surface area contributed by atoms with Crippen LogP contribution in [0.1, 0.15) is 9.67 Å². The second-order valence-electron chi connectivity index (χ2n) is 5.18. The van der Waals surface area contributed by atoms with E-state index >= 15 is 0 Å². The zero-order chi connectivity index (χ0) is 18.5. The van der Waals surface area contributed by atoms with E-state index in [4.69, 9.17) is 21.1 Å². The lowest BCUT2D eigenvalue weighted by atomic mass is 10.2. The second-order valence-corrected chi connectivity index (χ2v) is 6.53. The fourth-order valence-electron chi connectivity index (χ4n) is 2.24. The third-order valence-electron chi connectivity index (χ3n) is 3.50. The molecule has 0 unspecified atom stereocenters. The summed E-state index contributed by atoms with van der Waals surface area (Å²) in [5, 5.41) is 8.26. The van der Waals surface area contributed by atoms with Crippen molar-refractivity contribution in [1.29, 1.82) is 0 Å². The molecule has 3 rings (SSSR count). The molecule has 1 amide bonds. The smallest absolute Gasteiger partial charge is 0.266 e. The average molecular weight is 390 g/mol. The number of carbonyl (C=O) groups is 1. The third-order valence-corrected chi connectivity index (χ3v) is 4.67. The first-order chi connectivity index (χ1) is 12.6. The summed E-state index contributed by atoms with van der Waals surface area (Å²) in [6, 6.07) is 10.5. The first kappa shape index (κ1) is 18.0. The Kier molecular flexibility index (Phi) is 5.60. The van der Waals surface area contributed by atoms with E-state index in [2.05, 4.69) is 15.6 Å². The molecule has 0 aliphatic rings. The Hall–Kier alpha value is -2.77. The Balaban J connectivity index is 1.74. The van der Waals surface area contributed by atoms with Crippen molar-refractivity contribution in [3.8, 4) is 11.5 Å². The van der Waals surface area contributed by atoms with Gasteiger partial charge in [-0.2, -0.15) is 0 Å². The Morgan fingerprint density at radius 1 is 1.15 bits per heavy atom. The van der Waals surface area contributed by atoms with Crippen LogP contribution in [-0.4, -0.2) is 25.1 Å². The number of rotatable bonds is 6. The number of halogens is 1. The number of thiophene rings is 1. The summed E-state index contributed by atoms with van der Waals surface area (Å²) in [5.74, 6) is 1.39. The number of hydrogen-bond acceptors (Lipinski definition) is 6. The highest BCUT2D eigenvalue weighted by Crippen LogP contribution is 2.37. The molecule has 134 valence electrons. The van der Waals surface area contributed by atoms with Gasteiger partial charge in [-0.05, 0) is 23.6 Å². The van der Waals surface area contributed by atoms with Crippen molar-refractivity contribution in [1.82, 2.24) is 4.98 Å². The van der Waals surface area contributed by atoms with Gasteiger partial charge in [-0.25, -0.2) is 4.98 Å². The number of aromatic nitrogens is 1. The summed E-state index contributed by atoms with van der Waals surface area (Å²) >= 11 is 7.49. The molecule has 0 bridgehead atoms. The summed E-state index contributed by atoms with van der Waals surface area (Å²) < 4.78 is 10.6. The Morgan fingerprint density at radius 3 is 2.58 bits per heavy atom. The molecule has 0 aliphatic heterocycles. The van der Waals surface area contributed by atoms with Gasteiger partial charge in [0, 0.05) is 12.1 Å². The molecule has 2 heterocycles. The van der Waals surface area contributed by atoms with E-state index in [0.717, 1.165) is 5.69 Å². The number of carbonyl (C=O) groups excluding carboxylic acids is 1. The predicted octanol–water partition coefficient (Wildman–Crippen LogP) is 4.81. The van der Waals surface area contributed by atoms with E-state index in [9.17, 15) is 4.79 Å². The standard InChI is InChI=1S/C18H16ClN3O3S/c1-24-14-9-13(15(25-2)8-12(14)19)21-11-5-6-17(20-10-11)22-18(23)16-4-3-7-26-16/h3-10,21H,1-2H3,(H,20,22,23). The molecular weight excluding hydrogens is 374 g/mol. The van der Waals surface area contributed by atoms with Crippen molar-refractivity contribution < 1.29 is 14.3 Å². The largest absolute Gasteiger partial charge is 0.495 e. The Bertz CT molecular complexity index is 899. The summed E-state index contributed by atoms with van der Waals surface area (Å²) in [5.41, 5.74) is 1.41. The van der Waals surface area contributed by atoms with Crippen LogP contribution in [0.5, 0.6) is 11.5 Å². The molecule has 0 radical (unpaired) electrons. The molecule has 0 atom stereocenters. The number of nitrogens with zero attached hydrogens (tertiary/aromatic N) is 1. The van der Waals surface area contributed by atoms with Gasteiger partial charge in [0.2, 0.25) is 0 Å². The topological polar surface area (TPSA) is 72.5 Å². The van der Waals surface area contributed by atoms with Crippen LogP contribution in [0.25, 0.3) is 0 Å². The van der Waals surface area contributed by atoms with E-state index < -0.39 is 0 Å². The molecule has 0 fully saturated rings. The summed E-state index contributed by atoms with van der Waals surface area (Å²) in [6.45, 7) is 0. The minimum absolute atomic E-state index is 0.183. The molecule has 6 nitrogen and oxygen atoms in total. The van der Waals surface area contributed by atoms with Crippen molar-refractivity contribution in [2.45, 2.75) is 0 Å². The van der Waals surface area contributed by atoms with Gasteiger partial charge in [0.25, 0.3) is 5.91 Å². The fourth-order valence-corrected chi connectivity index (χ4v) is 3.09. The van der Waals surface area contributed by atoms with Gasteiger partial charge < -0.3 is 20.1 Å². The van der Waals surface area contributed by atoms with E-state index in [0.29, 0.717) is 32.9 Å². The van der Waals surface area contributed by atoms with Gasteiger partial charge in [0.05, 0.1) is 41.7 Å². The number of methoxy groups -OCH3 is 2. The molecule has 3 aromatic rings. The van der Waals surface area contributed by atoms with Crippen molar-refractivity contribution >= 4 is 46.0 Å². The van der Waals surface area contributed by atoms with Crippen LogP contribution in [0.3, 0.4) is 0 Å². The average Bonchev–Trinajstić information content (AvgIpc) is 3.19. The minimum Gasteiger partial charge on any atom is -0.495 e. The molecule has 26 heavy (non-hydrogen) atoms. The highest BCUT2D eigenvalue weighted by molar-refractivity contribution is 7.12. The first-order valence-electron chi connectivity index (χ1n) is 7.60. The van der Waals surface area contributed by atoms with Crippen LogP contribution < -0.4 is 20.1 Å². The summed E-state index contributed by atoms with van der Waals surface area (Å²) in [6.07, 6.45) is 1.62. The number of nitrogens with one attached hydrogen (secondary N) is 2. The van der Waals surface area contributed by atoms with Gasteiger partial charge in [0.1, 0.15) is 17.3 Å². The molecule has 2 N–H and O–H groups in total. The van der Waals surface area contributed by atoms with Gasteiger partial charge >= 0.3 is 0 Å². The molecule has 2 aromatic heterocycles. The van der Waals surface area contributed by atoms with Gasteiger partial charge in [-0.3, -0.25) is 4.79 Å². The fraction of sp³-hybridized carbons (Fsp3) is 0.111. The van der Waals surface area contributed by atoms with Crippen LogP contribution in [0.2, 0.25) is 5.02 Å². The highest BCUT2D eigenvalue weighted by atomic mass is 35.5. The third kappa shape index (κ3) is 4.07. The van der Waals surface area contributed by atoms with Crippen LogP contribution in [0.4, 0.5) is 17.2 Å². The molecule has 0 aliphatic carbocycles. The van der Waals surface area contributed by atoms with Crippen LogP contribution in [-0.2, 0) is 0 Å². The van der Waals surface area contributed by atoms with Crippen molar-refractivity contribution in [2.75, 3.05) is 24.9 Å². The normalized spacial score (nSPS) is 10.3. The molecule has 8 heteroatoms. The molecule has 1 aromatic carbocycles. The minimum atomic E-state index is -0.183. The number of ether oxygens (including phenoxy) is 2. The maximum absolute atomic E-state index is 12.0. The highest BCUT2D eigenvalue weighted by Gasteiger charge is 2.11. The monoisotopic (exact) mass is 389 g/mol. The zero-order valence-electron chi connectivity index (χ0n) is 14.1. The number of hydrogen-bond donors (Lipinski definition) is 2. The number of pyridine rings is 1. The maximum Gasteiger partial charge on any atom is 0.266 e. The lowest BCUT2D eigenvalue weighted by Gasteiger charge is -2.14. The SMILES string of the molecule is COc1cc(Nc2ccc(NC(=O)c3cccs3)nc2)c(OC)cc1Cl. The van der Waals surface area contributed by atoms with Crippen molar-refractivity contribution in [3.63, 3.8) is 0 Å². The van der Waals surface area contributed by atoms with Crippen molar-refractivity contribution in [3.05, 3.63) is 57.9 Å². The molecular formula is C18H16ClN3O3S. The van der Waals surface area contributed by atoms with Crippen LogP contribution in [0.15, 0.2) is 48.0 Å². The van der Waals surface area contributed by atoms with E-state index in [-0.39, 0.29) is 5.91 Å². The lowest BCUT2D eigenvalue weighted by molar-refractivity contribution is 0.103. The van der Waals surface area contributed by atoms with Crippen LogP contribution >= 0.6 is 22.9 Å². The summed E-state index contributed by atoms with van der Waals surface area (Å²) in [4.78, 5) is 16.9. The number of benzene rings is 1. The Morgan fingerprint density at radius 2 is 1.96 bits per heavy atom. The maximum atomic E-state index is 12.0. The van der Waals surface area contributed by atoms with Crippen LogP contribution in [0, 0.1) is 0 Å². The quantitative estimate of drug-likeness (QED) is 0.633. The van der Waals surface area contributed by atoms with Gasteiger partial charge in [-0.15, -0.1) is 11.3 Å². The second kappa shape index (κ2) is 8.07. The molecule has 0 saturated heterocycles. The first-order valence-corrected chi connectivity index (χ1v) is 8.86. The van der Waals surface area contributed by atoms with E-state index in [1.165, 1.54) is 11.3 Å². The van der Waals surface area contributed by atoms with Crippen molar-refractivity contribution in [2.24, 2.45) is 0 Å². The molecule has 0 spiro atoms. The van der Waals surface area contributed by atoms with Gasteiger partial charge in [-0.1, -0.05) is 17.7 Å². The summed E-state index contributed by atoms with van der Waals surface area (Å²) in [7, 11) is 3.11. The van der Waals surface area contributed by atoms with E-state index in [1.54, 1.807) is 50.7 Å². The predicted molar refractivity (Wildman–Crippen MR) is 104 cm³/mol. The van der Waals surface area contributed by atoms with Gasteiger partial charge in [0.15, 0.2) is 0 Å². The lowest BCUT2D eigenvalue weighted by Crippen LogP contribution is -2.11. The number of anilines is 3. The Labute approximate surface area is 159 Å². The molecule has 0 saturated carbocycles.